The van der Waals surface area contributed by atoms with E-state index >= 15 is 0 Å². The molecule has 0 bridgehead atoms. The van der Waals surface area contributed by atoms with Crippen molar-refractivity contribution in [3.63, 3.8) is 0 Å². The quantitative estimate of drug-likeness (QED) is 0.737. The third-order valence-electron chi connectivity index (χ3n) is 5.30. The highest BCUT2D eigenvalue weighted by Gasteiger charge is 2.51. The summed E-state index contributed by atoms with van der Waals surface area (Å²) in [6.07, 6.45) is 2.22. The number of para-hydroxylation sites is 1. The number of rotatable bonds is 2. The number of nitrogens with one attached hydrogen (secondary N) is 2. The largest absolute Gasteiger partial charge is 0.482 e. The molecule has 1 aromatic heterocycles. The molecule has 2 aromatic carbocycles. The Morgan fingerprint density at radius 3 is 2.93 bits per heavy atom. The molecule has 6 heteroatoms. The molecule has 2 aliphatic heterocycles. The van der Waals surface area contributed by atoms with E-state index in [1.165, 1.54) is 0 Å². The van der Waals surface area contributed by atoms with E-state index in [1.54, 1.807) is 11.0 Å². The van der Waals surface area contributed by atoms with E-state index in [9.17, 15) is 9.59 Å². The fourth-order valence-corrected chi connectivity index (χ4v) is 3.91. The molecule has 0 saturated carbocycles. The molecule has 0 radical (unpaired) electrons. The number of urea groups is 1. The van der Waals surface area contributed by atoms with Crippen LogP contribution in [0.1, 0.15) is 22.3 Å². The summed E-state index contributed by atoms with van der Waals surface area (Å²) in [5, 5.41) is 4.07. The molecular weight excluding hydrogens is 342 g/mol. The normalized spacial score (nSPS) is 17.3. The monoisotopic (exact) mass is 361 g/mol. The second-order valence-electron chi connectivity index (χ2n) is 7.30. The van der Waals surface area contributed by atoms with Gasteiger partial charge >= 0.3 is 6.03 Å². The lowest BCUT2D eigenvalue weighted by Crippen LogP contribution is -2.69. The standard InChI is InChI=1S/C21H19N3O3/c25-18-10-21(27-19-4-2-1-3-16(18)19)12-24(13-21)20(26)23-11-14-5-6-17-15(9-14)7-8-22-17/h1-9,22H,10-13H2,(H,23,26). The minimum absolute atomic E-state index is 0.0803. The van der Waals surface area contributed by atoms with Crippen molar-refractivity contribution in [1.29, 1.82) is 0 Å². The number of amides is 2. The number of Topliss-reactive ketones (excluding diaryl/α,β-unsaturated/α-hetero) is 1. The van der Waals surface area contributed by atoms with E-state index in [-0.39, 0.29) is 11.8 Å². The smallest absolute Gasteiger partial charge is 0.317 e. The number of benzene rings is 2. The van der Waals surface area contributed by atoms with Gasteiger partial charge in [0.15, 0.2) is 11.4 Å². The minimum atomic E-state index is -0.577. The number of carbonyl (C=O) groups excluding carboxylic acids is 2. The highest BCUT2D eigenvalue weighted by molar-refractivity contribution is 6.00. The van der Waals surface area contributed by atoms with Crippen molar-refractivity contribution < 1.29 is 14.3 Å². The maximum Gasteiger partial charge on any atom is 0.317 e. The van der Waals surface area contributed by atoms with E-state index in [2.05, 4.69) is 16.4 Å². The van der Waals surface area contributed by atoms with Gasteiger partial charge in [-0.3, -0.25) is 4.79 Å². The minimum Gasteiger partial charge on any atom is -0.482 e. The van der Waals surface area contributed by atoms with Gasteiger partial charge < -0.3 is 19.9 Å². The zero-order valence-corrected chi connectivity index (χ0v) is 14.7. The number of ether oxygens (including phenoxy) is 1. The number of carbonyl (C=O) groups is 2. The van der Waals surface area contributed by atoms with Crippen molar-refractivity contribution in [3.8, 4) is 5.75 Å². The number of hydrogen-bond donors (Lipinski definition) is 2. The first-order valence-electron chi connectivity index (χ1n) is 9.02. The summed E-state index contributed by atoms with van der Waals surface area (Å²) < 4.78 is 6.06. The van der Waals surface area contributed by atoms with Crippen LogP contribution in [-0.4, -0.2) is 40.4 Å². The lowest BCUT2D eigenvalue weighted by Gasteiger charge is -2.50. The molecule has 3 heterocycles. The topological polar surface area (TPSA) is 74.4 Å². The molecule has 3 aromatic rings. The van der Waals surface area contributed by atoms with Gasteiger partial charge in [0.2, 0.25) is 0 Å². The van der Waals surface area contributed by atoms with Gasteiger partial charge in [0, 0.05) is 18.3 Å². The van der Waals surface area contributed by atoms with Crippen LogP contribution in [-0.2, 0) is 6.54 Å². The SMILES string of the molecule is O=C1CC2(CN(C(=O)NCc3ccc4[nH]ccc4c3)C2)Oc2ccccc21. The Labute approximate surface area is 156 Å². The molecule has 2 aliphatic rings. The highest BCUT2D eigenvalue weighted by Crippen LogP contribution is 2.38. The Morgan fingerprint density at radius 1 is 1.19 bits per heavy atom. The van der Waals surface area contributed by atoms with Crippen molar-refractivity contribution in [1.82, 2.24) is 15.2 Å². The van der Waals surface area contributed by atoms with Crippen LogP contribution in [0.25, 0.3) is 10.9 Å². The molecule has 1 spiro atoms. The fraction of sp³-hybridized carbons (Fsp3) is 0.238. The third kappa shape index (κ3) is 2.73. The first-order valence-corrected chi connectivity index (χ1v) is 9.02. The van der Waals surface area contributed by atoms with Crippen molar-refractivity contribution in [2.45, 2.75) is 18.6 Å². The fourth-order valence-electron chi connectivity index (χ4n) is 3.91. The average Bonchev–Trinajstić information content (AvgIpc) is 3.12. The summed E-state index contributed by atoms with van der Waals surface area (Å²) in [6.45, 7) is 1.32. The molecule has 0 atom stereocenters. The van der Waals surface area contributed by atoms with Crippen LogP contribution in [0.4, 0.5) is 4.79 Å². The summed E-state index contributed by atoms with van der Waals surface area (Å²) in [5.41, 5.74) is 2.18. The molecule has 2 amide bonds. The molecule has 136 valence electrons. The summed E-state index contributed by atoms with van der Waals surface area (Å²) in [4.78, 5) is 29.6. The van der Waals surface area contributed by atoms with Gasteiger partial charge in [-0.25, -0.2) is 4.79 Å². The zero-order valence-electron chi connectivity index (χ0n) is 14.7. The molecule has 1 fully saturated rings. The molecular formula is C21H19N3O3. The first kappa shape index (κ1) is 15.9. The van der Waals surface area contributed by atoms with Gasteiger partial charge in [-0.2, -0.15) is 0 Å². The molecule has 5 rings (SSSR count). The van der Waals surface area contributed by atoms with Gasteiger partial charge in [0.1, 0.15) is 5.75 Å². The summed E-state index contributed by atoms with van der Waals surface area (Å²) in [7, 11) is 0. The van der Waals surface area contributed by atoms with Crippen LogP contribution in [0.5, 0.6) is 5.75 Å². The van der Waals surface area contributed by atoms with Gasteiger partial charge in [-0.15, -0.1) is 0 Å². The van der Waals surface area contributed by atoms with Crippen molar-refractivity contribution in [2.24, 2.45) is 0 Å². The number of nitrogens with zero attached hydrogens (tertiary/aromatic N) is 1. The van der Waals surface area contributed by atoms with E-state index in [4.69, 9.17) is 4.74 Å². The molecule has 1 saturated heterocycles. The zero-order chi connectivity index (χ0) is 18.4. The van der Waals surface area contributed by atoms with Crippen LogP contribution >= 0.6 is 0 Å². The number of fused-ring (bicyclic) bond motifs is 2. The lowest BCUT2D eigenvalue weighted by molar-refractivity contribution is -0.0596. The number of ketones is 1. The Kier molecular flexibility index (Phi) is 3.47. The summed E-state index contributed by atoms with van der Waals surface area (Å²) in [5.74, 6) is 0.699. The molecule has 2 N–H and O–H groups in total. The van der Waals surface area contributed by atoms with E-state index in [0.717, 1.165) is 16.5 Å². The molecule has 6 nitrogen and oxygen atoms in total. The Balaban J connectivity index is 1.21. The number of likely N-dealkylation sites (tertiary alicyclic amines) is 1. The van der Waals surface area contributed by atoms with Crippen LogP contribution in [0.2, 0.25) is 0 Å². The van der Waals surface area contributed by atoms with Crippen molar-refractivity contribution >= 4 is 22.7 Å². The Morgan fingerprint density at radius 2 is 2.04 bits per heavy atom. The predicted molar refractivity (Wildman–Crippen MR) is 101 cm³/mol. The van der Waals surface area contributed by atoms with E-state index in [0.29, 0.717) is 37.4 Å². The van der Waals surface area contributed by atoms with Crippen molar-refractivity contribution in [3.05, 3.63) is 65.9 Å². The summed E-state index contributed by atoms with van der Waals surface area (Å²) >= 11 is 0. The van der Waals surface area contributed by atoms with Crippen LogP contribution < -0.4 is 10.1 Å². The van der Waals surface area contributed by atoms with Gasteiger partial charge in [-0.05, 0) is 41.3 Å². The van der Waals surface area contributed by atoms with Crippen molar-refractivity contribution in [2.75, 3.05) is 13.1 Å². The number of H-pyrrole nitrogens is 1. The van der Waals surface area contributed by atoms with Crippen LogP contribution in [0.3, 0.4) is 0 Å². The van der Waals surface area contributed by atoms with E-state index < -0.39 is 5.60 Å². The van der Waals surface area contributed by atoms with Crippen LogP contribution in [0, 0.1) is 0 Å². The second kappa shape index (κ2) is 5.87. The maximum absolute atomic E-state index is 12.4. The maximum atomic E-state index is 12.4. The summed E-state index contributed by atoms with van der Waals surface area (Å²) in [6, 6.07) is 15.2. The van der Waals surface area contributed by atoms with Gasteiger partial charge in [0.05, 0.1) is 25.1 Å². The highest BCUT2D eigenvalue weighted by atomic mass is 16.5. The van der Waals surface area contributed by atoms with Gasteiger partial charge in [0.25, 0.3) is 0 Å². The predicted octanol–water partition coefficient (Wildman–Crippen LogP) is 3.10. The lowest BCUT2D eigenvalue weighted by atomic mass is 9.84. The Bertz CT molecular complexity index is 1050. The van der Waals surface area contributed by atoms with Crippen LogP contribution in [0.15, 0.2) is 54.7 Å². The third-order valence-corrected chi connectivity index (χ3v) is 5.30. The van der Waals surface area contributed by atoms with Gasteiger partial charge in [-0.1, -0.05) is 18.2 Å². The Hall–Kier alpha value is -3.28. The average molecular weight is 361 g/mol. The number of hydrogen-bond acceptors (Lipinski definition) is 3. The molecule has 27 heavy (non-hydrogen) atoms. The number of aromatic amines is 1. The number of aromatic nitrogens is 1. The second-order valence-corrected chi connectivity index (χ2v) is 7.30. The molecule has 0 aliphatic carbocycles. The molecule has 0 unspecified atom stereocenters. The first-order chi connectivity index (χ1) is 13.1. The van der Waals surface area contributed by atoms with E-state index in [1.807, 2.05) is 42.6 Å².